The van der Waals surface area contributed by atoms with Gasteiger partial charge in [0, 0.05) is 35.8 Å². The molecule has 0 saturated carbocycles. The number of carbonyl (C=O) groups excluding carboxylic acids is 1. The zero-order chi connectivity index (χ0) is 17.9. The third kappa shape index (κ3) is 8.66. The molecule has 0 unspecified atom stereocenters. The molecule has 2 aromatic rings. The molecule has 0 radical (unpaired) electrons. The average molecular weight is 486 g/mol. The molecule has 1 aromatic carbocycles. The van der Waals surface area contributed by atoms with Gasteiger partial charge in [-0.25, -0.2) is 4.99 Å². The zero-order valence-corrected chi connectivity index (χ0v) is 18.4. The Morgan fingerprint density at radius 3 is 2.50 bits per heavy atom. The second-order valence-electron chi connectivity index (χ2n) is 5.65. The lowest BCUT2D eigenvalue weighted by molar-refractivity contribution is -0.121. The maximum absolute atomic E-state index is 11.9. The first-order chi connectivity index (χ1) is 12.2. The molecule has 0 saturated heterocycles. The van der Waals surface area contributed by atoms with E-state index in [4.69, 9.17) is 0 Å². The summed E-state index contributed by atoms with van der Waals surface area (Å²) in [6, 6.07) is 14.1. The number of benzene rings is 1. The van der Waals surface area contributed by atoms with E-state index in [9.17, 15) is 4.79 Å². The molecule has 2 rings (SSSR count). The van der Waals surface area contributed by atoms with Gasteiger partial charge in [0.1, 0.15) is 0 Å². The summed E-state index contributed by atoms with van der Waals surface area (Å²) in [6.07, 6.45) is 0.412. The van der Waals surface area contributed by atoms with E-state index in [0.29, 0.717) is 26.1 Å². The number of guanidine groups is 1. The smallest absolute Gasteiger partial charge is 0.222 e. The number of thiophene rings is 1. The van der Waals surface area contributed by atoms with Gasteiger partial charge in [-0.1, -0.05) is 30.3 Å². The topological polar surface area (TPSA) is 65.5 Å². The second kappa shape index (κ2) is 12.7. The van der Waals surface area contributed by atoms with Crippen LogP contribution >= 0.6 is 35.3 Å². The third-order valence-corrected chi connectivity index (χ3v) is 4.50. The van der Waals surface area contributed by atoms with Gasteiger partial charge in [-0.15, -0.1) is 35.3 Å². The number of hydrogen-bond donors (Lipinski definition) is 3. The van der Waals surface area contributed by atoms with Crippen molar-refractivity contribution < 1.29 is 4.79 Å². The van der Waals surface area contributed by atoms with Gasteiger partial charge in [-0.2, -0.15) is 0 Å². The highest BCUT2D eigenvalue weighted by Gasteiger charge is 2.03. The Morgan fingerprint density at radius 2 is 1.85 bits per heavy atom. The first kappa shape index (κ1) is 22.4. The van der Waals surface area contributed by atoms with Crippen LogP contribution in [0.3, 0.4) is 0 Å². The van der Waals surface area contributed by atoms with Gasteiger partial charge < -0.3 is 16.0 Å². The lowest BCUT2D eigenvalue weighted by atomic mass is 10.2. The molecule has 1 aromatic heterocycles. The normalized spacial score (nSPS) is 10.8. The van der Waals surface area contributed by atoms with Crippen molar-refractivity contribution in [1.82, 2.24) is 16.0 Å². The van der Waals surface area contributed by atoms with Crippen LogP contribution in [0.15, 0.2) is 47.5 Å². The Morgan fingerprint density at radius 1 is 1.08 bits per heavy atom. The fraction of sp³-hybridized carbons (Fsp3) is 0.368. The fourth-order valence-electron chi connectivity index (χ4n) is 2.25. The van der Waals surface area contributed by atoms with Gasteiger partial charge >= 0.3 is 0 Å². The van der Waals surface area contributed by atoms with Crippen molar-refractivity contribution in [3.63, 3.8) is 0 Å². The van der Waals surface area contributed by atoms with Crippen LogP contribution in [-0.4, -0.2) is 25.0 Å². The molecule has 5 nitrogen and oxygen atoms in total. The minimum Gasteiger partial charge on any atom is -0.357 e. The van der Waals surface area contributed by atoms with Crippen molar-refractivity contribution in [2.45, 2.75) is 33.4 Å². The largest absolute Gasteiger partial charge is 0.357 e. The predicted molar refractivity (Wildman–Crippen MR) is 120 cm³/mol. The number of rotatable bonds is 8. The van der Waals surface area contributed by atoms with Crippen molar-refractivity contribution in [3.8, 4) is 0 Å². The van der Waals surface area contributed by atoms with Crippen LogP contribution in [0.4, 0.5) is 0 Å². The van der Waals surface area contributed by atoms with E-state index in [0.717, 1.165) is 18.1 Å². The SMILES string of the molecule is CCNC(=NCc1ccc(C)s1)NCCC(=O)NCc1ccccc1.I. The number of aliphatic imine (C=N–C) groups is 1. The van der Waals surface area contributed by atoms with Crippen LogP contribution in [-0.2, 0) is 17.9 Å². The van der Waals surface area contributed by atoms with E-state index in [1.54, 1.807) is 11.3 Å². The molecule has 0 spiro atoms. The molecule has 26 heavy (non-hydrogen) atoms. The second-order valence-corrected chi connectivity index (χ2v) is 7.02. The molecular weight excluding hydrogens is 459 g/mol. The van der Waals surface area contributed by atoms with Crippen molar-refractivity contribution in [3.05, 3.63) is 57.8 Å². The number of hydrogen-bond acceptors (Lipinski definition) is 3. The Balaban J connectivity index is 0.00000338. The van der Waals surface area contributed by atoms with E-state index in [1.807, 2.05) is 37.3 Å². The number of carbonyl (C=O) groups is 1. The lowest BCUT2D eigenvalue weighted by Gasteiger charge is -2.11. The first-order valence-corrected chi connectivity index (χ1v) is 9.37. The Bertz CT molecular complexity index is 688. The molecule has 142 valence electrons. The third-order valence-electron chi connectivity index (χ3n) is 3.51. The van der Waals surface area contributed by atoms with E-state index in [2.05, 4.69) is 40.0 Å². The van der Waals surface area contributed by atoms with E-state index < -0.39 is 0 Å². The summed E-state index contributed by atoms with van der Waals surface area (Å²) in [6.45, 7) is 6.67. The molecule has 3 N–H and O–H groups in total. The van der Waals surface area contributed by atoms with Crippen LogP contribution in [0.25, 0.3) is 0 Å². The molecule has 0 bridgehead atoms. The molecule has 7 heteroatoms. The van der Waals surface area contributed by atoms with Crippen molar-refractivity contribution in [2.75, 3.05) is 13.1 Å². The standard InChI is InChI=1S/C19H26N4OS.HI/c1-3-20-19(23-14-17-10-9-15(2)25-17)21-12-11-18(24)22-13-16-7-5-4-6-8-16;/h4-10H,3,11-14H2,1-2H3,(H,22,24)(H2,20,21,23);1H. The lowest BCUT2D eigenvalue weighted by Crippen LogP contribution is -2.39. The summed E-state index contributed by atoms with van der Waals surface area (Å²) >= 11 is 1.75. The van der Waals surface area contributed by atoms with Gasteiger partial charge in [0.05, 0.1) is 6.54 Å². The van der Waals surface area contributed by atoms with Gasteiger partial charge in [-0.3, -0.25) is 4.79 Å². The number of nitrogens with one attached hydrogen (secondary N) is 3. The Hall–Kier alpha value is -1.61. The maximum Gasteiger partial charge on any atom is 0.222 e. The van der Waals surface area contributed by atoms with Crippen molar-refractivity contribution in [1.29, 1.82) is 0 Å². The van der Waals surface area contributed by atoms with Crippen LogP contribution in [0.2, 0.25) is 0 Å². The fourth-order valence-corrected chi connectivity index (χ4v) is 3.06. The quantitative estimate of drug-likeness (QED) is 0.304. The number of halogens is 1. The summed E-state index contributed by atoms with van der Waals surface area (Å²) in [5.41, 5.74) is 1.10. The average Bonchev–Trinajstić information content (AvgIpc) is 3.04. The van der Waals surface area contributed by atoms with Crippen molar-refractivity contribution in [2.24, 2.45) is 4.99 Å². The van der Waals surface area contributed by atoms with E-state index in [-0.39, 0.29) is 29.9 Å². The molecule has 0 fully saturated rings. The summed E-state index contributed by atoms with van der Waals surface area (Å²) in [7, 11) is 0. The minimum absolute atomic E-state index is 0. The molecule has 0 atom stereocenters. The predicted octanol–water partition coefficient (Wildman–Crippen LogP) is 3.44. The van der Waals surface area contributed by atoms with E-state index >= 15 is 0 Å². The van der Waals surface area contributed by atoms with Crippen LogP contribution in [0, 0.1) is 6.92 Å². The zero-order valence-electron chi connectivity index (χ0n) is 15.2. The summed E-state index contributed by atoms with van der Waals surface area (Å²) in [4.78, 5) is 19.0. The highest BCUT2D eigenvalue weighted by Crippen LogP contribution is 2.15. The van der Waals surface area contributed by atoms with Gasteiger partial charge in [0.25, 0.3) is 0 Å². The highest BCUT2D eigenvalue weighted by atomic mass is 127. The van der Waals surface area contributed by atoms with Gasteiger partial charge in [0.15, 0.2) is 5.96 Å². The molecule has 0 aliphatic carbocycles. The summed E-state index contributed by atoms with van der Waals surface area (Å²) < 4.78 is 0. The van der Waals surface area contributed by atoms with Gasteiger partial charge in [-0.05, 0) is 31.5 Å². The van der Waals surface area contributed by atoms with Crippen molar-refractivity contribution >= 4 is 47.2 Å². The molecule has 0 aliphatic rings. The monoisotopic (exact) mass is 486 g/mol. The highest BCUT2D eigenvalue weighted by molar-refractivity contribution is 14.0. The number of amides is 1. The molecule has 1 amide bonds. The summed E-state index contributed by atoms with van der Waals surface area (Å²) in [5, 5.41) is 9.34. The van der Waals surface area contributed by atoms with Crippen LogP contribution < -0.4 is 16.0 Å². The van der Waals surface area contributed by atoms with Crippen LogP contribution in [0.1, 0.15) is 28.7 Å². The molecule has 0 aliphatic heterocycles. The van der Waals surface area contributed by atoms with Gasteiger partial charge in [0.2, 0.25) is 5.91 Å². The minimum atomic E-state index is 0. The number of aryl methyl sites for hydroxylation is 1. The maximum atomic E-state index is 11.9. The Labute approximate surface area is 176 Å². The van der Waals surface area contributed by atoms with E-state index in [1.165, 1.54) is 9.75 Å². The van der Waals surface area contributed by atoms with Crippen LogP contribution in [0.5, 0.6) is 0 Å². The molecular formula is C19H27IN4OS. The first-order valence-electron chi connectivity index (χ1n) is 8.55. The summed E-state index contributed by atoms with van der Waals surface area (Å²) in [5.74, 6) is 0.769. The Kier molecular flexibility index (Phi) is 11.0. The molecule has 1 heterocycles. The number of nitrogens with zero attached hydrogens (tertiary/aromatic N) is 1.